The maximum atomic E-state index is 12.2. The Kier molecular flexibility index (Phi) is 5.82. The summed E-state index contributed by atoms with van der Waals surface area (Å²) in [6.45, 7) is 0. The Hall–Kier alpha value is -3.09. The summed E-state index contributed by atoms with van der Waals surface area (Å²) in [5.74, 6) is -0.775. The van der Waals surface area contributed by atoms with Crippen LogP contribution in [-0.4, -0.2) is 22.7 Å². The number of hydrogen-bond donors (Lipinski definition) is 3. The molecule has 0 saturated carbocycles. The molecule has 0 aliphatic carbocycles. The highest BCUT2D eigenvalue weighted by molar-refractivity contribution is 6.42. The van der Waals surface area contributed by atoms with Gasteiger partial charge in [-0.15, -0.1) is 0 Å². The predicted octanol–water partition coefficient (Wildman–Crippen LogP) is 5.15. The van der Waals surface area contributed by atoms with Gasteiger partial charge in [-0.3, -0.25) is 10.2 Å². The van der Waals surface area contributed by atoms with Crippen molar-refractivity contribution in [2.24, 2.45) is 0 Å². The highest BCUT2D eigenvalue weighted by Gasteiger charge is 2.15. The molecule has 0 radical (unpaired) electrons. The van der Waals surface area contributed by atoms with Gasteiger partial charge in [-0.2, -0.15) is 0 Å². The lowest BCUT2D eigenvalue weighted by Crippen LogP contribution is -2.23. The summed E-state index contributed by atoms with van der Waals surface area (Å²) in [5.41, 5.74) is 0.838. The fourth-order valence-electron chi connectivity index (χ4n) is 2.47. The lowest BCUT2D eigenvalue weighted by molar-refractivity contribution is -0.110. The quantitative estimate of drug-likeness (QED) is 0.483. The van der Waals surface area contributed by atoms with E-state index in [4.69, 9.17) is 38.1 Å². The second kappa shape index (κ2) is 8.29. The number of carbonyl (C=O) groups excluding carboxylic acids is 1. The first-order valence-electron chi connectivity index (χ1n) is 8.10. The lowest BCUT2D eigenvalue weighted by atomic mass is 10.1. The molecule has 28 heavy (non-hydrogen) atoms. The van der Waals surface area contributed by atoms with Crippen LogP contribution >= 0.6 is 23.2 Å². The molecule has 0 atom stereocenters. The molecule has 3 rings (SSSR count). The Bertz CT molecular complexity index is 1080. The van der Waals surface area contributed by atoms with Gasteiger partial charge in [-0.1, -0.05) is 29.3 Å². The van der Waals surface area contributed by atoms with Crippen molar-refractivity contribution in [3.63, 3.8) is 0 Å². The van der Waals surface area contributed by atoms with Crippen LogP contribution in [0.2, 0.25) is 10.0 Å². The van der Waals surface area contributed by atoms with Crippen molar-refractivity contribution < 1.29 is 19.1 Å². The molecule has 0 aliphatic rings. The van der Waals surface area contributed by atoms with Crippen LogP contribution in [0.4, 0.5) is 5.69 Å². The van der Waals surface area contributed by atoms with Crippen LogP contribution < -0.4 is 5.32 Å². The van der Waals surface area contributed by atoms with Crippen molar-refractivity contribution in [3.05, 3.63) is 76.0 Å². The van der Waals surface area contributed by atoms with Gasteiger partial charge in [-0.25, -0.2) is 4.79 Å². The first-order chi connectivity index (χ1) is 13.3. The average molecular weight is 417 g/mol. The molecule has 2 aromatic carbocycles. The fraction of sp³-hybridized carbons (Fsp3) is 0.0500. The van der Waals surface area contributed by atoms with E-state index in [2.05, 4.69) is 5.32 Å². The molecule has 3 N–H and O–H groups in total. The molecule has 0 spiro atoms. The Morgan fingerprint density at radius 3 is 2.54 bits per heavy atom. The third-order valence-electron chi connectivity index (χ3n) is 3.86. The van der Waals surface area contributed by atoms with Crippen molar-refractivity contribution in [1.82, 2.24) is 0 Å². The molecule has 3 aromatic rings. The largest absolute Gasteiger partial charge is 0.478 e. The van der Waals surface area contributed by atoms with E-state index in [9.17, 15) is 9.59 Å². The summed E-state index contributed by atoms with van der Waals surface area (Å²) in [5, 5.41) is 20.3. The fourth-order valence-corrected chi connectivity index (χ4v) is 2.77. The molecule has 6 nitrogen and oxygen atoms in total. The number of nitrogens with one attached hydrogen (secondary N) is 2. The molecule has 0 bridgehead atoms. The maximum absolute atomic E-state index is 12.2. The van der Waals surface area contributed by atoms with Gasteiger partial charge in [0.1, 0.15) is 17.2 Å². The van der Waals surface area contributed by atoms with E-state index in [1.807, 2.05) is 0 Å². The summed E-state index contributed by atoms with van der Waals surface area (Å²) in [4.78, 5) is 23.2. The highest BCUT2D eigenvalue weighted by atomic mass is 35.5. The molecule has 8 heteroatoms. The summed E-state index contributed by atoms with van der Waals surface area (Å²) in [6.07, 6.45) is -0.0220. The molecule has 0 unspecified atom stereocenters. The van der Waals surface area contributed by atoms with Crippen molar-refractivity contribution in [1.29, 1.82) is 5.41 Å². The number of carboxylic acid groups (broad SMARTS) is 1. The van der Waals surface area contributed by atoms with E-state index in [1.54, 1.807) is 36.4 Å². The van der Waals surface area contributed by atoms with Crippen LogP contribution in [0.1, 0.15) is 16.1 Å². The Balaban J connectivity index is 1.67. The predicted molar refractivity (Wildman–Crippen MR) is 108 cm³/mol. The van der Waals surface area contributed by atoms with Crippen LogP contribution in [0, 0.1) is 5.41 Å². The van der Waals surface area contributed by atoms with Crippen molar-refractivity contribution in [2.75, 3.05) is 5.32 Å². The van der Waals surface area contributed by atoms with Gasteiger partial charge in [0.25, 0.3) is 5.91 Å². The number of halogens is 2. The zero-order chi connectivity index (χ0) is 20.3. The topological polar surface area (TPSA) is 103 Å². The summed E-state index contributed by atoms with van der Waals surface area (Å²) in [7, 11) is 0. The number of aromatic carboxylic acids is 1. The second-order valence-electron chi connectivity index (χ2n) is 5.89. The minimum atomic E-state index is -1.10. The van der Waals surface area contributed by atoms with Gasteiger partial charge >= 0.3 is 5.97 Å². The Morgan fingerprint density at radius 2 is 1.82 bits per heavy atom. The standard InChI is InChI=1S/C20H14Cl2N2O4/c21-15-6-4-11(9-16(15)22)18-7-5-14(28-18)10-17(23)19(25)24-13-3-1-2-12(8-13)20(26)27/h1-9,23H,10H2,(H,24,25)(H,26,27). The van der Waals surface area contributed by atoms with Crippen molar-refractivity contribution in [3.8, 4) is 11.3 Å². The van der Waals surface area contributed by atoms with Gasteiger partial charge in [0.2, 0.25) is 0 Å². The molecule has 142 valence electrons. The van der Waals surface area contributed by atoms with E-state index in [1.165, 1.54) is 18.2 Å². The third kappa shape index (κ3) is 4.60. The Labute approximate surface area is 170 Å². The van der Waals surface area contributed by atoms with E-state index in [0.717, 1.165) is 5.56 Å². The van der Waals surface area contributed by atoms with Crippen molar-refractivity contribution >= 4 is 46.5 Å². The number of hydrogen-bond acceptors (Lipinski definition) is 4. The normalized spacial score (nSPS) is 10.5. The van der Waals surface area contributed by atoms with Crippen LogP contribution in [0.15, 0.2) is 59.0 Å². The second-order valence-corrected chi connectivity index (χ2v) is 6.70. The van der Waals surface area contributed by atoms with Gasteiger partial charge < -0.3 is 14.8 Å². The summed E-state index contributed by atoms with van der Waals surface area (Å²) in [6, 6.07) is 14.3. The zero-order valence-corrected chi connectivity index (χ0v) is 15.8. The first kappa shape index (κ1) is 19.7. The average Bonchev–Trinajstić information content (AvgIpc) is 3.12. The third-order valence-corrected chi connectivity index (χ3v) is 4.60. The number of benzene rings is 2. The van der Waals surface area contributed by atoms with Gasteiger partial charge in [0, 0.05) is 11.3 Å². The summed E-state index contributed by atoms with van der Waals surface area (Å²) >= 11 is 11.9. The first-order valence-corrected chi connectivity index (χ1v) is 8.85. The summed E-state index contributed by atoms with van der Waals surface area (Å²) < 4.78 is 5.69. The van der Waals surface area contributed by atoms with Gasteiger partial charge in [0.15, 0.2) is 0 Å². The van der Waals surface area contributed by atoms with E-state index in [-0.39, 0.29) is 17.7 Å². The molecule has 0 aliphatic heterocycles. The highest BCUT2D eigenvalue weighted by Crippen LogP contribution is 2.29. The van der Waals surface area contributed by atoms with Crippen LogP contribution in [-0.2, 0) is 11.2 Å². The number of carbonyl (C=O) groups is 2. The minimum absolute atomic E-state index is 0.0220. The SMILES string of the molecule is N=C(Cc1ccc(-c2ccc(Cl)c(Cl)c2)o1)C(=O)Nc1cccc(C(=O)O)c1. The molecule has 1 amide bonds. The molecule has 0 fully saturated rings. The van der Waals surface area contributed by atoms with E-state index in [0.29, 0.717) is 27.3 Å². The van der Waals surface area contributed by atoms with Crippen LogP contribution in [0.5, 0.6) is 0 Å². The molecule has 0 saturated heterocycles. The smallest absolute Gasteiger partial charge is 0.335 e. The monoisotopic (exact) mass is 416 g/mol. The molecule has 1 aromatic heterocycles. The van der Waals surface area contributed by atoms with E-state index >= 15 is 0 Å². The zero-order valence-electron chi connectivity index (χ0n) is 14.3. The molecule has 1 heterocycles. The minimum Gasteiger partial charge on any atom is -0.478 e. The lowest BCUT2D eigenvalue weighted by Gasteiger charge is -2.06. The van der Waals surface area contributed by atoms with Crippen molar-refractivity contribution in [2.45, 2.75) is 6.42 Å². The molecular weight excluding hydrogens is 403 g/mol. The molecular formula is C20H14Cl2N2O4. The number of amides is 1. The van der Waals surface area contributed by atoms with Crippen LogP contribution in [0.25, 0.3) is 11.3 Å². The maximum Gasteiger partial charge on any atom is 0.335 e. The number of rotatable bonds is 6. The van der Waals surface area contributed by atoms with Crippen LogP contribution in [0.3, 0.4) is 0 Å². The van der Waals surface area contributed by atoms with Gasteiger partial charge in [0.05, 0.1) is 22.0 Å². The number of anilines is 1. The van der Waals surface area contributed by atoms with Gasteiger partial charge in [-0.05, 0) is 48.5 Å². The number of carboxylic acids is 1. The van der Waals surface area contributed by atoms with E-state index < -0.39 is 11.9 Å². The number of furan rings is 1. The Morgan fingerprint density at radius 1 is 1.04 bits per heavy atom.